The standard InChI is InChI=1S/C9H17O6P/c1-2-5-16(14,15)6-7(9(12)13)3-4-8(10)11/h7H,2-6H2,1H3,(H,10,11)(H,12,13)(H,14,15)/t7-/m1/s1. The fourth-order valence-corrected chi connectivity index (χ4v) is 3.28. The van der Waals surface area contributed by atoms with Crippen LogP contribution in [0.15, 0.2) is 0 Å². The topological polar surface area (TPSA) is 112 Å². The van der Waals surface area contributed by atoms with Gasteiger partial charge in [-0.2, -0.15) is 0 Å². The van der Waals surface area contributed by atoms with Crippen LogP contribution >= 0.6 is 7.37 Å². The molecule has 6 nitrogen and oxygen atoms in total. The summed E-state index contributed by atoms with van der Waals surface area (Å²) in [6.07, 6.45) is -0.186. The molecule has 0 aromatic heterocycles. The van der Waals surface area contributed by atoms with E-state index in [0.717, 1.165) is 0 Å². The molecule has 0 fully saturated rings. The molecule has 3 N–H and O–H groups in total. The predicted octanol–water partition coefficient (Wildman–Crippen LogP) is 1.23. The largest absolute Gasteiger partial charge is 0.481 e. The molecule has 0 aliphatic rings. The lowest BCUT2D eigenvalue weighted by molar-refractivity contribution is -0.142. The van der Waals surface area contributed by atoms with Crippen molar-refractivity contribution in [3.63, 3.8) is 0 Å². The van der Waals surface area contributed by atoms with Crippen molar-refractivity contribution >= 4 is 19.3 Å². The summed E-state index contributed by atoms with van der Waals surface area (Å²) in [5.41, 5.74) is 0. The van der Waals surface area contributed by atoms with E-state index in [1.807, 2.05) is 0 Å². The Bertz CT molecular complexity index is 300. The maximum atomic E-state index is 11.5. The first-order chi connectivity index (χ1) is 7.28. The zero-order valence-corrected chi connectivity index (χ0v) is 10.0. The highest BCUT2D eigenvalue weighted by molar-refractivity contribution is 7.58. The molecule has 0 aliphatic heterocycles. The third kappa shape index (κ3) is 6.58. The molecule has 0 aromatic rings. The van der Waals surface area contributed by atoms with Crippen molar-refractivity contribution < 1.29 is 29.3 Å². The first-order valence-electron chi connectivity index (χ1n) is 5.04. The quantitative estimate of drug-likeness (QED) is 0.560. The summed E-state index contributed by atoms with van der Waals surface area (Å²) in [6.45, 7) is 1.73. The van der Waals surface area contributed by atoms with E-state index in [1.165, 1.54) is 0 Å². The number of aliphatic carboxylic acids is 2. The first kappa shape index (κ1) is 15.1. The van der Waals surface area contributed by atoms with Crippen LogP contribution in [0.3, 0.4) is 0 Å². The summed E-state index contributed by atoms with van der Waals surface area (Å²) in [5.74, 6) is -3.38. The van der Waals surface area contributed by atoms with Gasteiger partial charge in [0.15, 0.2) is 0 Å². The van der Waals surface area contributed by atoms with Crippen LogP contribution in [0.5, 0.6) is 0 Å². The summed E-state index contributed by atoms with van der Waals surface area (Å²) in [6, 6.07) is 0. The van der Waals surface area contributed by atoms with Crippen LogP contribution in [-0.2, 0) is 14.2 Å². The molecule has 0 bridgehead atoms. The maximum Gasteiger partial charge on any atom is 0.307 e. The van der Waals surface area contributed by atoms with Gasteiger partial charge in [0.25, 0.3) is 0 Å². The average Bonchev–Trinajstić information content (AvgIpc) is 2.11. The van der Waals surface area contributed by atoms with E-state index in [9.17, 15) is 19.0 Å². The monoisotopic (exact) mass is 252 g/mol. The Hall–Kier alpha value is -0.870. The van der Waals surface area contributed by atoms with Gasteiger partial charge in [0, 0.05) is 18.7 Å². The minimum Gasteiger partial charge on any atom is -0.481 e. The van der Waals surface area contributed by atoms with Crippen molar-refractivity contribution in [2.75, 3.05) is 12.3 Å². The molecule has 7 heteroatoms. The molecule has 0 aliphatic carbocycles. The fourth-order valence-electron chi connectivity index (χ4n) is 1.38. The van der Waals surface area contributed by atoms with Crippen molar-refractivity contribution in [1.29, 1.82) is 0 Å². The Morgan fingerprint density at radius 1 is 1.31 bits per heavy atom. The molecular weight excluding hydrogens is 235 g/mol. The molecule has 0 saturated carbocycles. The summed E-state index contributed by atoms with van der Waals surface area (Å²) < 4.78 is 11.5. The van der Waals surface area contributed by atoms with Gasteiger partial charge in [0.1, 0.15) is 0 Å². The van der Waals surface area contributed by atoms with Crippen LogP contribution in [0.4, 0.5) is 0 Å². The van der Waals surface area contributed by atoms with Gasteiger partial charge in [-0.1, -0.05) is 6.92 Å². The zero-order valence-electron chi connectivity index (χ0n) is 9.13. The third-order valence-corrected chi connectivity index (χ3v) is 4.29. The van der Waals surface area contributed by atoms with Crippen LogP contribution in [-0.4, -0.2) is 39.4 Å². The summed E-state index contributed by atoms with van der Waals surface area (Å²) in [7, 11) is -3.44. The van der Waals surface area contributed by atoms with E-state index in [0.29, 0.717) is 6.42 Å². The third-order valence-electron chi connectivity index (χ3n) is 2.13. The van der Waals surface area contributed by atoms with E-state index >= 15 is 0 Å². The molecular formula is C9H17O6P. The van der Waals surface area contributed by atoms with Crippen molar-refractivity contribution in [2.45, 2.75) is 26.2 Å². The van der Waals surface area contributed by atoms with Gasteiger partial charge in [-0.25, -0.2) is 0 Å². The van der Waals surface area contributed by atoms with E-state index in [1.54, 1.807) is 6.92 Å². The van der Waals surface area contributed by atoms with Gasteiger partial charge in [-0.05, 0) is 12.8 Å². The molecule has 16 heavy (non-hydrogen) atoms. The normalized spacial score (nSPS) is 16.4. The number of hydrogen-bond acceptors (Lipinski definition) is 3. The van der Waals surface area contributed by atoms with Crippen LogP contribution in [0.2, 0.25) is 0 Å². The molecule has 0 aromatic carbocycles. The Kier molecular flexibility index (Phi) is 6.29. The van der Waals surface area contributed by atoms with Gasteiger partial charge < -0.3 is 15.1 Å². The molecule has 94 valence electrons. The predicted molar refractivity (Wildman–Crippen MR) is 57.8 cm³/mol. The van der Waals surface area contributed by atoms with Crippen LogP contribution in [0, 0.1) is 5.92 Å². The lowest BCUT2D eigenvalue weighted by Gasteiger charge is -2.15. The van der Waals surface area contributed by atoms with Gasteiger partial charge in [0.2, 0.25) is 7.37 Å². The van der Waals surface area contributed by atoms with Crippen molar-refractivity contribution in [3.05, 3.63) is 0 Å². The van der Waals surface area contributed by atoms with E-state index < -0.39 is 25.2 Å². The highest BCUT2D eigenvalue weighted by Crippen LogP contribution is 2.43. The molecule has 1 unspecified atom stereocenters. The van der Waals surface area contributed by atoms with Crippen LogP contribution in [0.1, 0.15) is 26.2 Å². The number of hydrogen-bond donors (Lipinski definition) is 3. The number of rotatable bonds is 8. The summed E-state index contributed by atoms with van der Waals surface area (Å²) >= 11 is 0. The van der Waals surface area contributed by atoms with E-state index in [2.05, 4.69) is 0 Å². The summed E-state index contributed by atoms with van der Waals surface area (Å²) in [4.78, 5) is 30.5. The number of carboxylic acid groups (broad SMARTS) is 2. The Balaban J connectivity index is 4.39. The molecule has 0 spiro atoms. The maximum absolute atomic E-state index is 11.5. The molecule has 0 heterocycles. The number of carboxylic acids is 2. The van der Waals surface area contributed by atoms with Crippen molar-refractivity contribution in [2.24, 2.45) is 5.92 Å². The van der Waals surface area contributed by atoms with Gasteiger partial charge in [-0.3, -0.25) is 14.2 Å². The van der Waals surface area contributed by atoms with Crippen LogP contribution in [0.25, 0.3) is 0 Å². The fraction of sp³-hybridized carbons (Fsp3) is 0.778. The lowest BCUT2D eigenvalue weighted by atomic mass is 10.1. The highest BCUT2D eigenvalue weighted by Gasteiger charge is 2.28. The molecule has 0 amide bonds. The molecule has 0 radical (unpaired) electrons. The Morgan fingerprint density at radius 3 is 2.25 bits per heavy atom. The molecule has 0 rings (SSSR count). The zero-order chi connectivity index (χ0) is 12.8. The van der Waals surface area contributed by atoms with Crippen molar-refractivity contribution in [3.8, 4) is 0 Å². The first-order valence-corrected chi connectivity index (χ1v) is 7.07. The second-order valence-electron chi connectivity index (χ2n) is 3.72. The smallest absolute Gasteiger partial charge is 0.307 e. The Labute approximate surface area is 93.7 Å². The second kappa shape index (κ2) is 6.66. The van der Waals surface area contributed by atoms with Gasteiger partial charge in [-0.15, -0.1) is 0 Å². The number of carbonyl (C=O) groups is 2. The highest BCUT2D eigenvalue weighted by atomic mass is 31.2. The van der Waals surface area contributed by atoms with Crippen molar-refractivity contribution in [1.82, 2.24) is 0 Å². The lowest BCUT2D eigenvalue weighted by Crippen LogP contribution is -2.20. The Morgan fingerprint density at radius 2 is 1.88 bits per heavy atom. The van der Waals surface area contributed by atoms with E-state index in [-0.39, 0.29) is 25.2 Å². The van der Waals surface area contributed by atoms with Gasteiger partial charge >= 0.3 is 11.9 Å². The second-order valence-corrected chi connectivity index (χ2v) is 6.23. The average molecular weight is 252 g/mol. The minimum atomic E-state index is -3.44. The van der Waals surface area contributed by atoms with Crippen LogP contribution < -0.4 is 0 Å². The SMILES string of the molecule is CCCP(=O)(O)C[C@@H](CCC(=O)O)C(=O)O. The van der Waals surface area contributed by atoms with E-state index in [4.69, 9.17) is 10.2 Å². The molecule has 0 saturated heterocycles. The molecule has 2 atom stereocenters. The minimum absolute atomic E-state index is 0.0733. The summed E-state index contributed by atoms with van der Waals surface area (Å²) in [5, 5.41) is 17.2. The van der Waals surface area contributed by atoms with Gasteiger partial charge in [0.05, 0.1) is 5.92 Å².